The lowest BCUT2D eigenvalue weighted by atomic mass is 9.94. The van der Waals surface area contributed by atoms with Crippen LogP contribution in [0.5, 0.6) is 11.5 Å². The van der Waals surface area contributed by atoms with Crippen LogP contribution < -0.4 is 20.1 Å². The molecule has 1 atom stereocenters. The molecule has 2 N–H and O–H groups in total. The third-order valence-corrected chi connectivity index (χ3v) is 6.27. The standard InChI is InChI=1S/C26H23BrN6O3/c1-16-23(25(34)29-20-9-4-3-5-10-20)24(33-26(28-16)30-31-32-33)18-11-12-21(22(14-18)35-2)36-15-17-7-6-8-19(27)13-17/h3-14,24H,15H2,1-2H3,(H,29,34)(H,28,30,32). The number of para-hydroxylation sites is 1. The van der Waals surface area contributed by atoms with E-state index in [1.807, 2.05) is 79.7 Å². The number of carbonyl (C=O) groups excluding carboxylic acids is 1. The number of nitrogens with zero attached hydrogens (tertiary/aromatic N) is 4. The lowest BCUT2D eigenvalue weighted by Gasteiger charge is -2.28. The Hall–Kier alpha value is -4.18. The van der Waals surface area contributed by atoms with E-state index in [1.54, 1.807) is 11.8 Å². The van der Waals surface area contributed by atoms with E-state index in [1.165, 1.54) is 0 Å². The van der Waals surface area contributed by atoms with Crippen molar-refractivity contribution in [2.45, 2.75) is 19.6 Å². The minimum absolute atomic E-state index is 0.258. The highest BCUT2D eigenvalue weighted by molar-refractivity contribution is 9.10. The van der Waals surface area contributed by atoms with E-state index in [0.29, 0.717) is 41.0 Å². The quantitative estimate of drug-likeness (QED) is 0.338. The molecule has 2 heterocycles. The van der Waals surface area contributed by atoms with E-state index in [9.17, 15) is 4.79 Å². The summed E-state index contributed by atoms with van der Waals surface area (Å²) in [4.78, 5) is 13.5. The van der Waals surface area contributed by atoms with E-state index in [-0.39, 0.29) is 5.91 Å². The highest BCUT2D eigenvalue weighted by Crippen LogP contribution is 2.38. The van der Waals surface area contributed by atoms with Gasteiger partial charge >= 0.3 is 0 Å². The van der Waals surface area contributed by atoms with Crippen molar-refractivity contribution in [1.29, 1.82) is 0 Å². The SMILES string of the molecule is COc1cc(C2C(C(=O)Nc3ccccc3)=C(C)Nc3nnnn32)ccc1OCc1cccc(Br)c1. The molecular weight excluding hydrogens is 524 g/mol. The largest absolute Gasteiger partial charge is 0.493 e. The highest BCUT2D eigenvalue weighted by atomic mass is 79.9. The van der Waals surface area contributed by atoms with E-state index >= 15 is 0 Å². The number of tetrazole rings is 1. The number of amides is 1. The molecule has 3 aromatic carbocycles. The van der Waals surface area contributed by atoms with Crippen LogP contribution >= 0.6 is 15.9 Å². The number of anilines is 2. The molecule has 0 saturated carbocycles. The number of hydrogen-bond donors (Lipinski definition) is 2. The summed E-state index contributed by atoms with van der Waals surface area (Å²) in [5.74, 6) is 1.31. The van der Waals surface area contributed by atoms with E-state index in [0.717, 1.165) is 15.6 Å². The Labute approximate surface area is 216 Å². The van der Waals surface area contributed by atoms with Crippen LogP contribution in [-0.2, 0) is 11.4 Å². The Balaban J connectivity index is 1.47. The van der Waals surface area contributed by atoms with Crippen molar-refractivity contribution in [2.24, 2.45) is 0 Å². The average molecular weight is 547 g/mol. The average Bonchev–Trinajstić information content (AvgIpc) is 3.35. The van der Waals surface area contributed by atoms with Crippen molar-refractivity contribution in [3.63, 3.8) is 0 Å². The second-order valence-corrected chi connectivity index (χ2v) is 9.08. The van der Waals surface area contributed by atoms with Crippen LogP contribution in [0.15, 0.2) is 88.5 Å². The summed E-state index contributed by atoms with van der Waals surface area (Å²) in [5.41, 5.74) is 3.63. The molecule has 0 aliphatic carbocycles. The Morgan fingerprint density at radius 2 is 1.92 bits per heavy atom. The van der Waals surface area contributed by atoms with E-state index in [4.69, 9.17) is 9.47 Å². The number of nitrogens with one attached hydrogen (secondary N) is 2. The van der Waals surface area contributed by atoms with Crippen LogP contribution in [0, 0.1) is 0 Å². The zero-order valence-corrected chi connectivity index (χ0v) is 21.2. The van der Waals surface area contributed by atoms with Crippen LogP contribution in [0.1, 0.15) is 24.1 Å². The maximum absolute atomic E-state index is 13.5. The van der Waals surface area contributed by atoms with Gasteiger partial charge in [0, 0.05) is 15.9 Å². The summed E-state index contributed by atoms with van der Waals surface area (Å²) >= 11 is 3.48. The number of halogens is 1. The van der Waals surface area contributed by atoms with Crippen molar-refractivity contribution in [3.05, 3.63) is 99.7 Å². The second kappa shape index (κ2) is 10.2. The first-order chi connectivity index (χ1) is 17.5. The Morgan fingerprint density at radius 3 is 2.69 bits per heavy atom. The zero-order chi connectivity index (χ0) is 25.1. The van der Waals surface area contributed by atoms with Gasteiger partial charge in [-0.3, -0.25) is 4.79 Å². The van der Waals surface area contributed by atoms with Crippen molar-refractivity contribution in [3.8, 4) is 11.5 Å². The maximum Gasteiger partial charge on any atom is 0.255 e. The van der Waals surface area contributed by atoms with E-state index < -0.39 is 6.04 Å². The molecule has 0 spiro atoms. The summed E-state index contributed by atoms with van der Waals surface area (Å²) in [6.45, 7) is 2.21. The molecule has 0 bridgehead atoms. The number of allylic oxidation sites excluding steroid dienone is 1. The van der Waals surface area contributed by atoms with Gasteiger partial charge in [0.1, 0.15) is 12.6 Å². The number of carbonyl (C=O) groups is 1. The highest BCUT2D eigenvalue weighted by Gasteiger charge is 2.34. The Morgan fingerprint density at radius 1 is 1.08 bits per heavy atom. The van der Waals surface area contributed by atoms with Crippen molar-refractivity contribution in [2.75, 3.05) is 17.7 Å². The molecule has 0 saturated heterocycles. The number of fused-ring (bicyclic) bond motifs is 1. The smallest absolute Gasteiger partial charge is 0.255 e. The van der Waals surface area contributed by atoms with Gasteiger partial charge in [-0.2, -0.15) is 4.68 Å². The lowest BCUT2D eigenvalue weighted by molar-refractivity contribution is -0.113. The number of hydrogen-bond acceptors (Lipinski definition) is 7. The van der Waals surface area contributed by atoms with E-state index in [2.05, 4.69) is 42.1 Å². The predicted molar refractivity (Wildman–Crippen MR) is 139 cm³/mol. The summed E-state index contributed by atoms with van der Waals surface area (Å²) in [6.07, 6.45) is 0. The minimum Gasteiger partial charge on any atom is -0.493 e. The van der Waals surface area contributed by atoms with Gasteiger partial charge in [-0.1, -0.05) is 57.4 Å². The van der Waals surface area contributed by atoms with Crippen molar-refractivity contribution in [1.82, 2.24) is 20.2 Å². The molecule has 182 valence electrons. The molecule has 1 unspecified atom stereocenters. The normalized spacial score (nSPS) is 14.6. The Kier molecular flexibility index (Phi) is 6.68. The van der Waals surface area contributed by atoms with Crippen LogP contribution in [0.2, 0.25) is 0 Å². The topological polar surface area (TPSA) is 103 Å². The molecule has 0 radical (unpaired) electrons. The predicted octanol–water partition coefficient (Wildman–Crippen LogP) is 4.95. The summed E-state index contributed by atoms with van der Waals surface area (Å²) in [6, 6.07) is 22.2. The maximum atomic E-state index is 13.5. The molecular formula is C26H23BrN6O3. The van der Waals surface area contributed by atoms with Gasteiger partial charge in [-0.15, -0.1) is 0 Å². The minimum atomic E-state index is -0.576. The van der Waals surface area contributed by atoms with Crippen molar-refractivity contribution >= 4 is 33.5 Å². The first-order valence-corrected chi connectivity index (χ1v) is 12.0. The third kappa shape index (κ3) is 4.80. The summed E-state index contributed by atoms with van der Waals surface area (Å²) in [7, 11) is 1.58. The van der Waals surface area contributed by atoms with Gasteiger partial charge in [-0.25, -0.2) is 0 Å². The fourth-order valence-corrected chi connectivity index (χ4v) is 4.54. The van der Waals surface area contributed by atoms with Gasteiger partial charge in [0.2, 0.25) is 5.95 Å². The summed E-state index contributed by atoms with van der Waals surface area (Å²) < 4.78 is 14.3. The monoisotopic (exact) mass is 546 g/mol. The Bertz CT molecular complexity index is 1440. The van der Waals surface area contributed by atoms with Gasteiger partial charge in [-0.05, 0) is 64.9 Å². The van der Waals surface area contributed by atoms with Crippen molar-refractivity contribution < 1.29 is 14.3 Å². The van der Waals surface area contributed by atoms with Crippen LogP contribution in [0.25, 0.3) is 0 Å². The number of aromatic nitrogens is 4. The number of ether oxygens (including phenoxy) is 2. The van der Waals surface area contributed by atoms with Crippen LogP contribution in [0.4, 0.5) is 11.6 Å². The van der Waals surface area contributed by atoms with Crippen LogP contribution in [0.3, 0.4) is 0 Å². The molecule has 4 aromatic rings. The van der Waals surface area contributed by atoms with Gasteiger partial charge in [0.05, 0.1) is 12.7 Å². The third-order valence-electron chi connectivity index (χ3n) is 5.78. The molecule has 9 nitrogen and oxygen atoms in total. The molecule has 1 aromatic heterocycles. The summed E-state index contributed by atoms with van der Waals surface area (Å²) in [5, 5.41) is 18.1. The number of rotatable bonds is 7. The first-order valence-electron chi connectivity index (χ1n) is 11.2. The molecule has 5 rings (SSSR count). The van der Waals surface area contributed by atoms with Crippen LogP contribution in [-0.4, -0.2) is 33.2 Å². The fraction of sp³-hybridized carbons (Fsp3) is 0.154. The molecule has 0 fully saturated rings. The molecule has 1 amide bonds. The first kappa shape index (κ1) is 23.6. The zero-order valence-electron chi connectivity index (χ0n) is 19.6. The fourth-order valence-electron chi connectivity index (χ4n) is 4.10. The number of benzene rings is 3. The molecule has 1 aliphatic heterocycles. The molecule has 1 aliphatic rings. The second-order valence-electron chi connectivity index (χ2n) is 8.16. The molecule has 10 heteroatoms. The van der Waals surface area contributed by atoms with Gasteiger partial charge < -0.3 is 20.1 Å². The van der Waals surface area contributed by atoms with Gasteiger partial charge in [0.25, 0.3) is 5.91 Å². The van der Waals surface area contributed by atoms with Gasteiger partial charge in [0.15, 0.2) is 11.5 Å². The number of methoxy groups -OCH3 is 1. The molecule has 36 heavy (non-hydrogen) atoms. The lowest BCUT2D eigenvalue weighted by Crippen LogP contribution is -2.31.